The number of carboxylic acids is 1. The third-order valence-corrected chi connectivity index (χ3v) is 4.17. The molecule has 1 unspecified atom stereocenters. The van der Waals surface area contributed by atoms with Crippen LogP contribution in [0, 0.1) is 0 Å². The molecule has 1 fully saturated rings. The molecule has 0 radical (unpaired) electrons. The number of carboxylic acid groups (broad SMARTS) is 1. The molecule has 1 aromatic rings. The predicted molar refractivity (Wildman–Crippen MR) is 81.2 cm³/mol. The van der Waals surface area contributed by atoms with Gasteiger partial charge in [-0.15, -0.1) is 0 Å². The van der Waals surface area contributed by atoms with Crippen LogP contribution in [0.3, 0.4) is 0 Å². The highest BCUT2D eigenvalue weighted by Gasteiger charge is 2.51. The van der Waals surface area contributed by atoms with E-state index in [9.17, 15) is 14.4 Å². The number of anilines is 1. The molecule has 2 N–H and O–H groups in total. The Morgan fingerprint density at radius 1 is 1.39 bits per heavy atom. The van der Waals surface area contributed by atoms with Crippen LogP contribution in [0.4, 0.5) is 5.69 Å². The SMILES string of the molecule is CC1Oc2ccccc2N(CCC(=O)NC2(C(=O)O)CC2)C1=O. The highest BCUT2D eigenvalue weighted by molar-refractivity contribution is 6.00. The topological polar surface area (TPSA) is 95.9 Å². The van der Waals surface area contributed by atoms with E-state index in [1.807, 2.05) is 6.07 Å². The first-order valence-corrected chi connectivity index (χ1v) is 7.54. The summed E-state index contributed by atoms with van der Waals surface area (Å²) < 4.78 is 5.53. The Hall–Kier alpha value is -2.57. The van der Waals surface area contributed by atoms with E-state index in [0.717, 1.165) is 0 Å². The fourth-order valence-corrected chi connectivity index (χ4v) is 2.65. The fourth-order valence-electron chi connectivity index (χ4n) is 2.65. The molecule has 122 valence electrons. The lowest BCUT2D eigenvalue weighted by Gasteiger charge is -2.32. The zero-order valence-electron chi connectivity index (χ0n) is 12.7. The zero-order chi connectivity index (χ0) is 16.6. The van der Waals surface area contributed by atoms with Crippen molar-refractivity contribution < 1.29 is 24.2 Å². The number of nitrogens with one attached hydrogen (secondary N) is 1. The van der Waals surface area contributed by atoms with Crippen LogP contribution < -0.4 is 15.0 Å². The molecule has 0 bridgehead atoms. The van der Waals surface area contributed by atoms with Gasteiger partial charge in [-0.05, 0) is 31.9 Å². The summed E-state index contributed by atoms with van der Waals surface area (Å²) in [5.41, 5.74) is -0.472. The molecular formula is C16H18N2O5. The van der Waals surface area contributed by atoms with Gasteiger partial charge in [-0.25, -0.2) is 4.79 Å². The van der Waals surface area contributed by atoms with Gasteiger partial charge in [0, 0.05) is 13.0 Å². The number of para-hydroxylation sites is 2. The lowest BCUT2D eigenvalue weighted by atomic mass is 10.1. The summed E-state index contributed by atoms with van der Waals surface area (Å²) >= 11 is 0. The largest absolute Gasteiger partial charge is 0.480 e. The number of carbonyl (C=O) groups excluding carboxylic acids is 2. The Morgan fingerprint density at radius 3 is 2.74 bits per heavy atom. The molecule has 1 aliphatic heterocycles. The third-order valence-electron chi connectivity index (χ3n) is 4.17. The van der Waals surface area contributed by atoms with Crippen molar-refractivity contribution in [2.24, 2.45) is 0 Å². The van der Waals surface area contributed by atoms with Crippen LogP contribution in [-0.2, 0) is 14.4 Å². The molecule has 2 amide bonds. The van der Waals surface area contributed by atoms with Gasteiger partial charge in [-0.2, -0.15) is 0 Å². The van der Waals surface area contributed by atoms with Gasteiger partial charge < -0.3 is 20.1 Å². The van der Waals surface area contributed by atoms with E-state index < -0.39 is 17.6 Å². The Bertz CT molecular complexity index is 668. The van der Waals surface area contributed by atoms with Gasteiger partial charge >= 0.3 is 5.97 Å². The standard InChI is InChI=1S/C16H18N2O5/c1-10-14(20)18(11-4-2-3-5-12(11)23-10)9-6-13(19)17-16(7-8-16)15(21)22/h2-5,10H,6-9H2,1H3,(H,17,19)(H,21,22). The van der Waals surface area contributed by atoms with Gasteiger partial charge in [0.25, 0.3) is 5.91 Å². The number of hydrogen-bond donors (Lipinski definition) is 2. The molecule has 1 aliphatic carbocycles. The first-order valence-electron chi connectivity index (χ1n) is 7.54. The monoisotopic (exact) mass is 318 g/mol. The lowest BCUT2D eigenvalue weighted by Crippen LogP contribution is -2.47. The van der Waals surface area contributed by atoms with Gasteiger partial charge in [-0.1, -0.05) is 12.1 Å². The number of nitrogens with zero attached hydrogens (tertiary/aromatic N) is 1. The highest BCUT2D eigenvalue weighted by Crippen LogP contribution is 2.36. The summed E-state index contributed by atoms with van der Waals surface area (Å²) in [6.07, 6.45) is 0.332. The Balaban J connectivity index is 1.67. The summed E-state index contributed by atoms with van der Waals surface area (Å²) in [6, 6.07) is 7.14. The minimum atomic E-state index is -1.10. The van der Waals surface area contributed by atoms with Crippen molar-refractivity contribution in [1.29, 1.82) is 0 Å². The van der Waals surface area contributed by atoms with Gasteiger partial charge in [0.15, 0.2) is 6.10 Å². The molecule has 1 atom stereocenters. The number of amides is 2. The maximum Gasteiger partial charge on any atom is 0.329 e. The molecule has 7 heteroatoms. The second-order valence-corrected chi connectivity index (χ2v) is 5.90. The first kappa shape index (κ1) is 15.3. The van der Waals surface area contributed by atoms with E-state index in [0.29, 0.717) is 24.3 Å². The fraction of sp³-hybridized carbons (Fsp3) is 0.438. The van der Waals surface area contributed by atoms with Crippen LogP contribution in [0.2, 0.25) is 0 Å². The van der Waals surface area contributed by atoms with Crippen molar-refractivity contribution in [3.05, 3.63) is 24.3 Å². The molecule has 1 heterocycles. The van der Waals surface area contributed by atoms with Crippen LogP contribution in [0.25, 0.3) is 0 Å². The summed E-state index contributed by atoms with van der Waals surface area (Å²) in [5.74, 6) is -0.985. The lowest BCUT2D eigenvalue weighted by molar-refractivity contribution is -0.143. The van der Waals surface area contributed by atoms with Gasteiger partial charge in [-0.3, -0.25) is 9.59 Å². The van der Waals surface area contributed by atoms with Crippen molar-refractivity contribution in [2.45, 2.75) is 37.8 Å². The van der Waals surface area contributed by atoms with E-state index in [2.05, 4.69) is 5.32 Å². The van der Waals surface area contributed by atoms with Gasteiger partial charge in [0.2, 0.25) is 5.91 Å². The number of benzene rings is 1. The minimum absolute atomic E-state index is 0.0435. The highest BCUT2D eigenvalue weighted by atomic mass is 16.5. The summed E-state index contributed by atoms with van der Waals surface area (Å²) in [4.78, 5) is 36.9. The maximum atomic E-state index is 12.3. The second-order valence-electron chi connectivity index (χ2n) is 5.90. The van der Waals surface area contributed by atoms with Crippen LogP contribution in [-0.4, -0.2) is 41.1 Å². The average molecular weight is 318 g/mol. The molecule has 23 heavy (non-hydrogen) atoms. The van der Waals surface area contributed by atoms with E-state index in [1.165, 1.54) is 4.90 Å². The zero-order valence-corrected chi connectivity index (χ0v) is 12.7. The van der Waals surface area contributed by atoms with Gasteiger partial charge in [0.05, 0.1) is 5.69 Å². The van der Waals surface area contributed by atoms with E-state index >= 15 is 0 Å². The Labute approximate surface area is 133 Å². The molecule has 7 nitrogen and oxygen atoms in total. The Kier molecular flexibility index (Phi) is 3.71. The van der Waals surface area contributed by atoms with Crippen molar-refractivity contribution in [2.75, 3.05) is 11.4 Å². The van der Waals surface area contributed by atoms with Crippen molar-refractivity contribution >= 4 is 23.5 Å². The van der Waals surface area contributed by atoms with Crippen molar-refractivity contribution in [3.63, 3.8) is 0 Å². The first-order chi connectivity index (χ1) is 10.9. The summed E-state index contributed by atoms with van der Waals surface area (Å²) in [5, 5.41) is 11.6. The smallest absolute Gasteiger partial charge is 0.329 e. The molecule has 3 rings (SSSR count). The number of fused-ring (bicyclic) bond motifs is 1. The Morgan fingerprint density at radius 2 is 2.09 bits per heavy atom. The normalized spacial score (nSPS) is 21.2. The summed E-state index contributed by atoms with van der Waals surface area (Å²) in [7, 11) is 0. The second kappa shape index (κ2) is 5.57. The number of aliphatic carboxylic acids is 1. The molecule has 0 aromatic heterocycles. The molecule has 0 saturated heterocycles. The number of hydrogen-bond acceptors (Lipinski definition) is 4. The predicted octanol–water partition coefficient (Wildman–Crippen LogP) is 0.924. The molecule has 0 spiro atoms. The van der Waals surface area contributed by atoms with Crippen LogP contribution in [0.15, 0.2) is 24.3 Å². The van der Waals surface area contributed by atoms with Crippen molar-refractivity contribution in [3.8, 4) is 5.75 Å². The average Bonchev–Trinajstić information content (AvgIpc) is 3.28. The summed E-state index contributed by atoms with van der Waals surface area (Å²) in [6.45, 7) is 1.85. The molecule has 2 aliphatic rings. The maximum absolute atomic E-state index is 12.3. The van der Waals surface area contributed by atoms with E-state index in [4.69, 9.17) is 9.84 Å². The molecule has 1 aromatic carbocycles. The van der Waals surface area contributed by atoms with Crippen LogP contribution >= 0.6 is 0 Å². The minimum Gasteiger partial charge on any atom is -0.480 e. The van der Waals surface area contributed by atoms with Crippen LogP contribution in [0.5, 0.6) is 5.75 Å². The van der Waals surface area contributed by atoms with Crippen molar-refractivity contribution in [1.82, 2.24) is 5.32 Å². The van der Waals surface area contributed by atoms with E-state index in [-0.39, 0.29) is 24.8 Å². The number of carbonyl (C=O) groups is 3. The quantitative estimate of drug-likeness (QED) is 0.842. The third kappa shape index (κ3) is 2.86. The van der Waals surface area contributed by atoms with Crippen LogP contribution in [0.1, 0.15) is 26.2 Å². The van der Waals surface area contributed by atoms with Gasteiger partial charge in [0.1, 0.15) is 11.3 Å². The van der Waals surface area contributed by atoms with E-state index in [1.54, 1.807) is 25.1 Å². The number of rotatable bonds is 5. The molecular weight excluding hydrogens is 300 g/mol. The molecule has 1 saturated carbocycles. The number of ether oxygens (including phenoxy) is 1.